The van der Waals surface area contributed by atoms with Gasteiger partial charge in [0.15, 0.2) is 0 Å². The first-order valence-electron chi connectivity index (χ1n) is 47.3. The van der Waals surface area contributed by atoms with Gasteiger partial charge in [0, 0.05) is 501 Å². The molecular weight excluding hydrogens is 1730 g/mol. The van der Waals surface area contributed by atoms with Crippen LogP contribution < -0.4 is 25.5 Å². The summed E-state index contributed by atoms with van der Waals surface area (Å²) in [6, 6.07) is 26.9. The lowest BCUT2D eigenvalue weighted by molar-refractivity contribution is 0.126. The van der Waals surface area contributed by atoms with Crippen LogP contribution in [0.2, 0.25) is 6.82 Å². The number of rotatable bonds is 48. The molecule has 0 spiro atoms. The van der Waals surface area contributed by atoms with Crippen molar-refractivity contribution in [1.82, 2.24) is 10.5 Å². The van der Waals surface area contributed by atoms with E-state index in [1.807, 2.05) is 24.4 Å². The van der Waals surface area contributed by atoms with E-state index < -0.39 is 134 Å². The van der Waals surface area contributed by atoms with Gasteiger partial charge in [0.05, 0.1) is 24.5 Å². The van der Waals surface area contributed by atoms with Crippen LogP contribution in [0, 0.1) is 0 Å². The van der Waals surface area contributed by atoms with Gasteiger partial charge in [-0.15, -0.1) is 0 Å². The van der Waals surface area contributed by atoms with E-state index in [2.05, 4.69) is 346 Å². The number of anilines is 2. The second kappa shape index (κ2) is 85.2. The van der Waals surface area contributed by atoms with Gasteiger partial charge >= 0.3 is 13.1 Å². The molecule has 46 radical (unpaired) electrons. The van der Waals surface area contributed by atoms with E-state index in [9.17, 15) is 4.79 Å². The number of unbranched alkanes of at least 4 members (excludes halogenated alkanes) is 8. The quantitative estimate of drug-likeness (QED) is 0.0353. The number of carbonyl (C=O) groups excluding carboxylic acids is 1. The molecule has 55 heteroatoms. The average Bonchev–Trinajstić information content (AvgIpc) is 0.794. The Balaban J connectivity index is 0.000000675. The van der Waals surface area contributed by atoms with Crippen molar-refractivity contribution in [3.05, 3.63) is 356 Å². The Morgan fingerprint density at radius 3 is 0.959 bits per heavy atom. The fourth-order valence-corrected chi connectivity index (χ4v) is 15.3. The molecular formula is C91H74B45N5O5. The van der Waals surface area contributed by atoms with Gasteiger partial charge in [-0.3, -0.25) is 4.99 Å². The average molecular weight is 1800 g/mol. The molecule has 0 aliphatic carbocycles. The summed E-state index contributed by atoms with van der Waals surface area (Å²) in [5.41, 5.74) is 110. The number of nitrogens with zero attached hydrogens (tertiary/aromatic N) is 2. The Hall–Kier alpha value is -10.8. The molecule has 0 saturated carbocycles. The summed E-state index contributed by atoms with van der Waals surface area (Å²) in [6.07, 6.45) is -4.50. The Bertz CT molecular complexity index is 6140. The highest BCUT2D eigenvalue weighted by Crippen LogP contribution is 2.35. The molecule has 2 aliphatic rings. The number of allylic oxidation sites excluding steroid dienone is 1. The molecule has 0 fully saturated rings. The van der Waals surface area contributed by atoms with Gasteiger partial charge in [-0.1, -0.05) is 104 Å². The number of hydrogen-bond donors (Lipinski definition) is 4. The second-order valence-corrected chi connectivity index (χ2v) is 32.6. The van der Waals surface area contributed by atoms with Gasteiger partial charge in [0.2, 0.25) is 0 Å². The molecule has 4 N–H and O–H groups in total. The van der Waals surface area contributed by atoms with Crippen LogP contribution in [0.3, 0.4) is 0 Å². The van der Waals surface area contributed by atoms with Crippen molar-refractivity contribution >= 4 is 343 Å². The summed E-state index contributed by atoms with van der Waals surface area (Å²) >= 11 is 0. The van der Waals surface area contributed by atoms with E-state index in [4.69, 9.17) is 197 Å². The number of aryl methyl sites for hydroxylation is 2. The Kier molecular flexibility index (Phi) is 76.6. The number of nitrogens with one attached hydrogen (secondary N) is 3. The number of urea groups is 1. The third-order valence-electron chi connectivity index (χ3n) is 21.6. The zero-order valence-electron chi connectivity index (χ0n) is 83.0. The first-order chi connectivity index (χ1) is 70.4. The topological polar surface area (TPSA) is 117 Å². The van der Waals surface area contributed by atoms with Crippen LogP contribution >= 0.6 is 0 Å². The van der Waals surface area contributed by atoms with E-state index >= 15 is 0 Å². The molecule has 628 valence electrons. The largest absolute Gasteiger partial charge is 0.490 e. The third-order valence-corrected chi connectivity index (χ3v) is 21.6. The van der Waals surface area contributed by atoms with E-state index in [-0.39, 0.29) is 13.1 Å². The lowest BCUT2D eigenvalue weighted by atomic mass is 8.26. The number of benzene rings is 3. The van der Waals surface area contributed by atoms with Gasteiger partial charge in [-0.25, -0.2) is 4.79 Å². The zero-order valence-corrected chi connectivity index (χ0v) is 83.0. The second-order valence-electron chi connectivity index (χ2n) is 32.6. The summed E-state index contributed by atoms with van der Waals surface area (Å²) < 4.78 is 17.2. The first kappa shape index (κ1) is 131. The number of aliphatic imine (C=N–C) groups is 1. The number of ether oxygens (including phenoxy) is 3. The number of hydrogen-bond acceptors (Lipinski definition) is 8. The smallest absolute Gasteiger partial charge is 0.373 e. The zero-order chi connectivity index (χ0) is 108. The Labute approximate surface area is 908 Å². The predicted molar refractivity (Wildman–Crippen MR) is 654 cm³/mol. The van der Waals surface area contributed by atoms with Crippen LogP contribution in [0.5, 0.6) is 5.75 Å². The van der Waals surface area contributed by atoms with Crippen molar-refractivity contribution in [3.8, 4) is 5.75 Å². The van der Waals surface area contributed by atoms with Gasteiger partial charge in [-0.05, 0) is 212 Å². The molecule has 0 bridgehead atoms. The molecule has 0 saturated heterocycles. The highest BCUT2D eigenvalue weighted by Gasteiger charge is 2.58. The van der Waals surface area contributed by atoms with Gasteiger partial charge in [0.25, 0.3) is 0 Å². The molecule has 3 aromatic rings. The maximum Gasteiger partial charge on any atom is 0.373 e. The summed E-state index contributed by atoms with van der Waals surface area (Å²) in [6.45, 7) is 15.6. The lowest BCUT2D eigenvalue weighted by Crippen LogP contribution is -2.93. The molecule has 10 nitrogen and oxygen atoms in total. The normalized spacial score (nSPS) is 9.22. The maximum absolute atomic E-state index is 12.4. The molecule has 0 atom stereocenters. The summed E-state index contributed by atoms with van der Waals surface area (Å²) in [7, 11) is 145. The number of amides is 2. The Morgan fingerprint density at radius 2 is 0.664 bits per heavy atom. The molecule has 2 amide bonds. The van der Waals surface area contributed by atoms with Crippen LogP contribution in [0.1, 0.15) is 94.6 Å². The minimum atomic E-state index is -1.27. The molecule has 2 heterocycles. The summed E-state index contributed by atoms with van der Waals surface area (Å²) in [4.78, 5) is 19.1. The van der Waals surface area contributed by atoms with Crippen LogP contribution in [-0.2, 0) is 22.3 Å². The first-order valence-corrected chi connectivity index (χ1v) is 47.3. The third kappa shape index (κ3) is 61.7. The molecule has 5 rings (SSSR count). The number of fused-ring (bicyclic) bond motifs is 1. The van der Waals surface area contributed by atoms with Gasteiger partial charge in [-0.2, -0.15) is 0 Å². The molecule has 3 aromatic carbocycles. The monoisotopic (exact) mass is 1810 g/mol. The minimum absolute atomic E-state index is 0.176. The van der Waals surface area contributed by atoms with E-state index in [0.717, 1.165) is 140 Å². The van der Waals surface area contributed by atoms with Gasteiger partial charge < -0.3 is 40.0 Å². The highest BCUT2D eigenvalue weighted by atomic mass is 16.5. The van der Waals surface area contributed by atoms with Crippen LogP contribution in [0.25, 0.3) is 0 Å². The van der Waals surface area contributed by atoms with Crippen molar-refractivity contribution < 1.29 is 24.0 Å². The van der Waals surface area contributed by atoms with Crippen LogP contribution in [0.4, 0.5) is 16.2 Å². The maximum atomic E-state index is 12.4. The van der Waals surface area contributed by atoms with Crippen LogP contribution in [0.15, 0.2) is 349 Å². The fraction of sp³-hybridized carbons (Fsp3) is 0.275. The predicted octanol–water partition coefficient (Wildman–Crippen LogP) is -0.187. The van der Waals surface area contributed by atoms with E-state index in [1.165, 1.54) is 36.8 Å². The van der Waals surface area contributed by atoms with E-state index in [0.29, 0.717) is 13.2 Å². The van der Waals surface area contributed by atoms with Crippen molar-refractivity contribution in [3.63, 3.8) is 0 Å². The fourth-order valence-electron chi connectivity index (χ4n) is 15.3. The molecule has 0 aromatic heterocycles. The van der Waals surface area contributed by atoms with Crippen LogP contribution in [-0.4, -0.2) is 396 Å². The SMILES string of the molecule is C=C=C=C=C=C=C=C=C=C=C=C=C=C=C=C=C=C=C=C=C=C=C=C=C=C=C=C=C=C=C=C=C=C=C=C=C=C=C=C=C=C=C=C.CB(O)NCCCCCCOCCCCc1ccccc1.O=C(NCCCCCCOCCCCc1ccccc1)Nc1ccc2c(c1)N(CC1=CCC=N1)CCO2.[B]B([B])B([B])B(B(B([B])[B])B([B])[B])B(B(B(B([B])[B])B([B])[B])B(B([B])[B])B([B])[B])B(B(B([B])[B])B([B])[B])B(B([B])[B])B([B])[B]. The minimum Gasteiger partial charge on any atom is -0.490 e. The van der Waals surface area contributed by atoms with Crippen molar-refractivity contribution in [2.24, 2.45) is 4.99 Å². The molecule has 146 heavy (non-hydrogen) atoms. The van der Waals surface area contributed by atoms with Crippen molar-refractivity contribution in [1.29, 1.82) is 0 Å². The summed E-state index contributed by atoms with van der Waals surface area (Å²) in [5.74, 6) is 0.843. The molecule has 0 unspecified atom stereocenters. The summed E-state index contributed by atoms with van der Waals surface area (Å²) in [5, 5.41) is 18.0. The molecule has 2 aliphatic heterocycles. The number of carbonyl (C=O) groups is 1. The lowest BCUT2D eigenvalue weighted by Gasteiger charge is -2.55. The highest BCUT2D eigenvalue weighted by molar-refractivity contribution is 8.33. The van der Waals surface area contributed by atoms with Crippen molar-refractivity contribution in [2.75, 3.05) is 69.4 Å². The Morgan fingerprint density at radius 1 is 0.370 bits per heavy atom. The van der Waals surface area contributed by atoms with Crippen molar-refractivity contribution in [2.45, 2.75) is 103 Å². The van der Waals surface area contributed by atoms with E-state index in [1.54, 1.807) is 6.82 Å². The van der Waals surface area contributed by atoms with Gasteiger partial charge in [0.1, 0.15) is 12.4 Å². The standard InChI is InChI=1S/C44H4.C30H40N4O3.C17H30BNO2.B44/c1-3-5-7-9-11-13-15-17-19-21-23-25-27-29-31-33-35-37-39-41-43-44-42-40-38-36-34-32-30-28-26-24-22-20-18-16-14-12-10-8-6-4-2;35-30(32-17-7-1-2-8-20-36-21-9-6-13-25-11-4-3-5-12-25)33-26-15-16-29-28(23-26)34(19-22-37-29)24-27-14-10-18-31-27;1-18(20)19-14-8-2-3-9-15-21-16-10-7-13-17-11-5-4-6-12-17;1-24(2)35(23)41(36(25(3)4)26(5)6)44(42(37(27(7)8)28(9)10)38(29(11)12)30(13)14)43(39(31(15)16)32(17)18)40(33(19)20)34(21)22/h1-2H2;3-5,11-12,14-16,18,23H,1-2,6-10,13,17,19-22,24H2,(H2,32,33,35);4-6,11-12,19-20H,2-3,7-10,13-16H2,1H3;.